The van der Waals surface area contributed by atoms with Crippen molar-refractivity contribution in [2.45, 2.75) is 43.5 Å². The average Bonchev–Trinajstić information content (AvgIpc) is 2.93. The van der Waals surface area contributed by atoms with E-state index in [0.717, 1.165) is 31.7 Å². The Kier molecular flexibility index (Phi) is 4.85. The lowest BCUT2D eigenvalue weighted by Gasteiger charge is -2.27. The Labute approximate surface area is 128 Å². The zero-order valence-electron chi connectivity index (χ0n) is 11.7. The molecule has 2 rings (SSSR count). The number of nitro groups is 1. The van der Waals surface area contributed by atoms with E-state index >= 15 is 0 Å². The molecular formula is C13H17ClN2O4S. The van der Waals surface area contributed by atoms with Gasteiger partial charge in [-0.3, -0.25) is 10.1 Å². The minimum absolute atomic E-state index is 0.0112. The maximum absolute atomic E-state index is 12.8. The molecule has 1 saturated carbocycles. The van der Waals surface area contributed by atoms with E-state index in [2.05, 4.69) is 0 Å². The maximum Gasteiger partial charge on any atom is 0.270 e. The van der Waals surface area contributed by atoms with Crippen molar-refractivity contribution in [1.82, 2.24) is 4.31 Å². The largest absolute Gasteiger partial charge is 0.270 e. The molecule has 0 amide bonds. The van der Waals surface area contributed by atoms with Crippen LogP contribution in [0.3, 0.4) is 0 Å². The van der Waals surface area contributed by atoms with E-state index in [9.17, 15) is 18.5 Å². The smallest absolute Gasteiger partial charge is 0.258 e. The van der Waals surface area contributed by atoms with Gasteiger partial charge in [-0.2, -0.15) is 4.31 Å². The first-order chi connectivity index (χ1) is 9.87. The van der Waals surface area contributed by atoms with Gasteiger partial charge in [0.05, 0.1) is 9.95 Å². The number of sulfonamides is 1. The van der Waals surface area contributed by atoms with Crippen LogP contribution >= 0.6 is 11.6 Å². The lowest BCUT2D eigenvalue weighted by atomic mass is 10.2. The molecule has 0 spiro atoms. The summed E-state index contributed by atoms with van der Waals surface area (Å²) in [5.74, 6) is 0. The van der Waals surface area contributed by atoms with E-state index in [1.807, 2.05) is 0 Å². The summed E-state index contributed by atoms with van der Waals surface area (Å²) < 4.78 is 26.9. The standard InChI is InChI=1S/C13H17ClN2O4S/c1-2-15(10-5-3-4-6-10)21(19,20)13-9-11(16(17)18)7-8-12(13)14/h7-10H,2-6H2,1H3. The molecule has 0 heterocycles. The third-order valence-corrected chi connectivity index (χ3v) is 6.26. The van der Waals surface area contributed by atoms with Gasteiger partial charge in [0.15, 0.2) is 0 Å². The normalized spacial score (nSPS) is 16.5. The summed E-state index contributed by atoms with van der Waals surface area (Å²) in [6, 6.07) is 3.45. The zero-order valence-corrected chi connectivity index (χ0v) is 13.2. The van der Waals surface area contributed by atoms with Gasteiger partial charge in [0.1, 0.15) is 4.90 Å². The summed E-state index contributed by atoms with van der Waals surface area (Å²) >= 11 is 5.96. The highest BCUT2D eigenvalue weighted by Gasteiger charge is 2.34. The molecule has 1 aromatic rings. The Bertz CT molecular complexity index is 642. The van der Waals surface area contributed by atoms with Crippen LogP contribution in [0, 0.1) is 10.1 Å². The molecule has 0 atom stereocenters. The van der Waals surface area contributed by atoms with Crippen molar-refractivity contribution in [3.8, 4) is 0 Å². The highest BCUT2D eigenvalue weighted by molar-refractivity contribution is 7.89. The van der Waals surface area contributed by atoms with Gasteiger partial charge in [-0.05, 0) is 18.9 Å². The fourth-order valence-electron chi connectivity index (χ4n) is 2.75. The van der Waals surface area contributed by atoms with Gasteiger partial charge in [0.25, 0.3) is 5.69 Å². The van der Waals surface area contributed by atoms with Crippen LogP contribution in [-0.4, -0.2) is 30.2 Å². The first-order valence-corrected chi connectivity index (χ1v) is 8.65. The number of nitro benzene ring substituents is 1. The Hall–Kier alpha value is -1.18. The Balaban J connectivity index is 2.46. The van der Waals surface area contributed by atoms with Crippen LogP contribution < -0.4 is 0 Å². The fourth-order valence-corrected chi connectivity index (χ4v) is 4.94. The predicted octanol–water partition coefficient (Wildman–Crippen LogP) is 3.20. The zero-order chi connectivity index (χ0) is 15.6. The summed E-state index contributed by atoms with van der Waals surface area (Å²) in [5.41, 5.74) is -0.277. The summed E-state index contributed by atoms with van der Waals surface area (Å²) in [5, 5.41) is 10.9. The van der Waals surface area contributed by atoms with Crippen molar-refractivity contribution < 1.29 is 13.3 Å². The van der Waals surface area contributed by atoms with E-state index in [4.69, 9.17) is 11.6 Å². The first kappa shape index (κ1) is 16.2. The van der Waals surface area contributed by atoms with E-state index in [-0.39, 0.29) is 21.6 Å². The van der Waals surface area contributed by atoms with Crippen LogP contribution in [0.25, 0.3) is 0 Å². The van der Waals surface area contributed by atoms with Gasteiger partial charge in [-0.1, -0.05) is 31.4 Å². The van der Waals surface area contributed by atoms with Gasteiger partial charge in [-0.15, -0.1) is 0 Å². The number of rotatable bonds is 5. The van der Waals surface area contributed by atoms with Crippen molar-refractivity contribution in [2.75, 3.05) is 6.54 Å². The van der Waals surface area contributed by atoms with Crippen molar-refractivity contribution in [2.24, 2.45) is 0 Å². The Morgan fingerprint density at radius 1 is 1.38 bits per heavy atom. The molecule has 1 fully saturated rings. The number of benzene rings is 1. The summed E-state index contributed by atoms with van der Waals surface area (Å²) in [4.78, 5) is 10.0. The highest BCUT2D eigenvalue weighted by Crippen LogP contribution is 2.33. The molecule has 1 aromatic carbocycles. The second-order valence-electron chi connectivity index (χ2n) is 5.02. The number of hydrogen-bond donors (Lipinski definition) is 0. The first-order valence-electron chi connectivity index (χ1n) is 6.83. The average molecular weight is 333 g/mol. The maximum atomic E-state index is 12.8. The number of hydrogen-bond acceptors (Lipinski definition) is 4. The van der Waals surface area contributed by atoms with Crippen LogP contribution in [0.1, 0.15) is 32.6 Å². The molecule has 0 aliphatic heterocycles. The minimum Gasteiger partial charge on any atom is -0.258 e. The summed E-state index contributed by atoms with van der Waals surface area (Å²) in [7, 11) is -3.82. The topological polar surface area (TPSA) is 80.5 Å². The second-order valence-corrected chi connectivity index (χ2v) is 7.28. The van der Waals surface area contributed by atoms with Gasteiger partial charge < -0.3 is 0 Å². The van der Waals surface area contributed by atoms with E-state index in [1.54, 1.807) is 6.92 Å². The predicted molar refractivity (Wildman–Crippen MR) is 79.9 cm³/mol. The third-order valence-electron chi connectivity index (χ3n) is 3.76. The lowest BCUT2D eigenvalue weighted by molar-refractivity contribution is -0.385. The van der Waals surface area contributed by atoms with E-state index < -0.39 is 14.9 Å². The fraction of sp³-hybridized carbons (Fsp3) is 0.538. The van der Waals surface area contributed by atoms with Crippen LogP contribution in [0.2, 0.25) is 5.02 Å². The van der Waals surface area contributed by atoms with Crippen LogP contribution in [0.4, 0.5) is 5.69 Å². The van der Waals surface area contributed by atoms with Gasteiger partial charge >= 0.3 is 0 Å². The van der Waals surface area contributed by atoms with E-state index in [0.29, 0.717) is 6.54 Å². The lowest BCUT2D eigenvalue weighted by Crippen LogP contribution is -2.38. The molecule has 1 aliphatic rings. The van der Waals surface area contributed by atoms with Gasteiger partial charge in [-0.25, -0.2) is 8.42 Å². The molecule has 6 nitrogen and oxygen atoms in total. The van der Waals surface area contributed by atoms with Gasteiger partial charge in [0.2, 0.25) is 10.0 Å². The van der Waals surface area contributed by atoms with Crippen molar-refractivity contribution in [1.29, 1.82) is 0 Å². The third kappa shape index (κ3) is 3.20. The van der Waals surface area contributed by atoms with Crippen LogP contribution in [0.15, 0.2) is 23.1 Å². The van der Waals surface area contributed by atoms with E-state index in [1.165, 1.54) is 16.4 Å². The molecule has 0 saturated heterocycles. The molecule has 8 heteroatoms. The molecule has 0 aromatic heterocycles. The van der Waals surface area contributed by atoms with Crippen molar-refractivity contribution >= 4 is 27.3 Å². The second kappa shape index (κ2) is 6.29. The number of nitrogens with zero attached hydrogens (tertiary/aromatic N) is 2. The van der Waals surface area contributed by atoms with Crippen LogP contribution in [-0.2, 0) is 10.0 Å². The summed E-state index contributed by atoms with van der Waals surface area (Å²) in [6.07, 6.45) is 3.64. The molecule has 0 N–H and O–H groups in total. The highest BCUT2D eigenvalue weighted by atomic mass is 35.5. The molecule has 1 aliphatic carbocycles. The van der Waals surface area contributed by atoms with Crippen molar-refractivity contribution in [3.05, 3.63) is 33.3 Å². The number of halogens is 1. The molecule has 21 heavy (non-hydrogen) atoms. The van der Waals surface area contributed by atoms with Crippen LogP contribution in [0.5, 0.6) is 0 Å². The minimum atomic E-state index is -3.82. The Morgan fingerprint density at radius 2 is 2.00 bits per heavy atom. The van der Waals surface area contributed by atoms with Crippen molar-refractivity contribution in [3.63, 3.8) is 0 Å². The summed E-state index contributed by atoms with van der Waals surface area (Å²) in [6.45, 7) is 2.09. The monoisotopic (exact) mass is 332 g/mol. The number of non-ortho nitro benzene ring substituents is 1. The van der Waals surface area contributed by atoms with Gasteiger partial charge in [0, 0.05) is 24.7 Å². The molecular weight excluding hydrogens is 316 g/mol. The molecule has 116 valence electrons. The Morgan fingerprint density at radius 3 is 2.52 bits per heavy atom. The quantitative estimate of drug-likeness (QED) is 0.612. The molecule has 0 radical (unpaired) electrons. The molecule has 0 unspecified atom stereocenters. The molecule has 0 bridgehead atoms. The SMILES string of the molecule is CCN(C1CCCC1)S(=O)(=O)c1cc([N+](=O)[O-])ccc1Cl.